The summed E-state index contributed by atoms with van der Waals surface area (Å²) in [6, 6.07) is 0. The van der Waals surface area contributed by atoms with Gasteiger partial charge in [-0.3, -0.25) is 8.76 Å². The van der Waals surface area contributed by atoms with E-state index in [-0.39, 0.29) is 11.5 Å². The Balaban J connectivity index is 1.64. The van der Waals surface area contributed by atoms with Crippen molar-refractivity contribution in [3.05, 3.63) is 0 Å². The molecule has 3 fully saturated rings. The van der Waals surface area contributed by atoms with E-state index in [2.05, 4.69) is 9.44 Å². The van der Waals surface area contributed by atoms with Gasteiger partial charge in [-0.05, 0) is 19.3 Å². The Labute approximate surface area is 281 Å². The predicted octanol–water partition coefficient (Wildman–Crippen LogP) is -6.15. The van der Waals surface area contributed by atoms with E-state index in [0.29, 0.717) is 30.4 Å². The number of ether oxygens (including phenoxy) is 5. The molecule has 0 amide bonds. The van der Waals surface area contributed by atoms with E-state index in [1.165, 1.54) is 6.26 Å². The number of hydrogen-bond donors (Lipinski definition) is 11. The normalized spacial score (nSPS) is 42.0. The van der Waals surface area contributed by atoms with Crippen molar-refractivity contribution in [1.82, 2.24) is 0 Å². The molecule has 3 heterocycles. The molecule has 24 heteroatoms. The SMILES string of the molecule is CS(=O)CCCC/C(=N/OS(=O)(=O)O)S[C@@H]1O[C@H](CO[C@H]2O[C@H](CO[C@H]3O[C@H](CO)[C@@H](O)[C@H](O)[C@H]3O)[C@@H](O)[C@H](O)[C@H]2O)[C@@H](O)[C@H](O)[C@H]1O. The van der Waals surface area contributed by atoms with Crippen molar-refractivity contribution in [2.24, 2.45) is 5.16 Å². The Kier molecular flexibility index (Phi) is 16.2. The van der Waals surface area contributed by atoms with Crippen molar-refractivity contribution in [3.63, 3.8) is 0 Å². The zero-order chi connectivity index (χ0) is 35.9. The van der Waals surface area contributed by atoms with Crippen LogP contribution >= 0.6 is 11.8 Å². The second kappa shape index (κ2) is 18.7. The van der Waals surface area contributed by atoms with Gasteiger partial charge in [0.15, 0.2) is 12.6 Å². The van der Waals surface area contributed by atoms with Crippen LogP contribution in [0.15, 0.2) is 5.16 Å². The molecule has 0 saturated carbocycles. The quantitative estimate of drug-likeness (QED) is 0.0243. The van der Waals surface area contributed by atoms with Gasteiger partial charge in [-0.15, -0.1) is 0 Å². The monoisotopic (exact) mass is 761 g/mol. The molecule has 3 aliphatic rings. The van der Waals surface area contributed by atoms with Crippen LogP contribution in [0.25, 0.3) is 0 Å². The fraction of sp³-hybridized carbons (Fsp3) is 0.958. The molecule has 0 aromatic carbocycles. The Bertz CT molecular complexity index is 1170. The first kappa shape index (κ1) is 41.7. The van der Waals surface area contributed by atoms with Gasteiger partial charge in [-0.2, -0.15) is 8.42 Å². The van der Waals surface area contributed by atoms with Crippen LogP contribution in [0.4, 0.5) is 0 Å². The molecule has 1 unspecified atom stereocenters. The molecular weight excluding hydrogens is 718 g/mol. The summed E-state index contributed by atoms with van der Waals surface area (Å²) in [5.41, 5.74) is -1.43. The van der Waals surface area contributed by atoms with Gasteiger partial charge < -0.3 is 74.7 Å². The zero-order valence-electron chi connectivity index (χ0n) is 25.4. The molecule has 11 N–H and O–H groups in total. The number of aliphatic hydroxyl groups is 10. The molecule has 0 radical (unpaired) electrons. The van der Waals surface area contributed by atoms with Gasteiger partial charge in [0.05, 0.1) is 19.8 Å². The number of rotatable bonds is 15. The molecule has 3 saturated heterocycles. The fourth-order valence-electron chi connectivity index (χ4n) is 4.86. The highest BCUT2D eigenvalue weighted by molar-refractivity contribution is 8.14. The van der Waals surface area contributed by atoms with Gasteiger partial charge in [0.2, 0.25) is 0 Å². The molecule has 0 aliphatic carbocycles. The molecule has 0 aromatic rings. The lowest BCUT2D eigenvalue weighted by molar-refractivity contribution is -0.335. The number of aliphatic hydroxyl groups excluding tert-OH is 10. The van der Waals surface area contributed by atoms with Crippen LogP contribution < -0.4 is 0 Å². The number of thioether (sulfide) groups is 1. The highest BCUT2D eigenvalue weighted by Crippen LogP contribution is 2.32. The van der Waals surface area contributed by atoms with Gasteiger partial charge >= 0.3 is 10.4 Å². The van der Waals surface area contributed by atoms with Gasteiger partial charge in [0.1, 0.15) is 83.7 Å². The number of hydrogen-bond acceptors (Lipinski definition) is 21. The van der Waals surface area contributed by atoms with Gasteiger partial charge in [0, 0.05) is 22.8 Å². The summed E-state index contributed by atoms with van der Waals surface area (Å²) < 4.78 is 73.7. The minimum atomic E-state index is -5.01. The van der Waals surface area contributed by atoms with Gasteiger partial charge in [0.25, 0.3) is 0 Å². The van der Waals surface area contributed by atoms with Crippen LogP contribution in [0.5, 0.6) is 0 Å². The number of nitrogens with zero attached hydrogens (tertiary/aromatic N) is 1. The maximum Gasteiger partial charge on any atom is 0.466 e. The second-order valence-electron chi connectivity index (χ2n) is 11.2. The Morgan fingerprint density at radius 3 is 1.71 bits per heavy atom. The van der Waals surface area contributed by atoms with E-state index < -0.39 is 132 Å². The average Bonchev–Trinajstić information content (AvgIpc) is 3.03. The largest absolute Gasteiger partial charge is 0.466 e. The Morgan fingerprint density at radius 2 is 1.21 bits per heavy atom. The molecule has 0 spiro atoms. The summed E-state index contributed by atoms with van der Waals surface area (Å²) in [4.78, 5) is 0. The van der Waals surface area contributed by atoms with Crippen molar-refractivity contribution >= 4 is 38.0 Å². The first-order valence-electron chi connectivity index (χ1n) is 14.6. The van der Waals surface area contributed by atoms with Crippen molar-refractivity contribution < 1.29 is 96.2 Å². The van der Waals surface area contributed by atoms with Crippen LogP contribution in [0.3, 0.4) is 0 Å². The maximum atomic E-state index is 11.3. The minimum absolute atomic E-state index is 0.0126. The molecule has 282 valence electrons. The molecule has 3 rings (SSSR count). The van der Waals surface area contributed by atoms with Crippen LogP contribution in [0, 0.1) is 0 Å². The van der Waals surface area contributed by atoms with E-state index in [1.807, 2.05) is 0 Å². The molecule has 0 aromatic heterocycles. The van der Waals surface area contributed by atoms with Gasteiger partial charge in [-0.1, -0.05) is 16.9 Å². The van der Waals surface area contributed by atoms with Crippen LogP contribution in [0.1, 0.15) is 19.3 Å². The molecule has 0 bridgehead atoms. The summed E-state index contributed by atoms with van der Waals surface area (Å²) in [6.07, 6.45) is -21.4. The average molecular weight is 762 g/mol. The molecule has 3 aliphatic heterocycles. The molecular formula is C24H43NO20S3. The summed E-state index contributed by atoms with van der Waals surface area (Å²) in [5.74, 6) is 0.325. The van der Waals surface area contributed by atoms with Crippen molar-refractivity contribution in [3.8, 4) is 0 Å². The highest BCUT2D eigenvalue weighted by Gasteiger charge is 2.49. The summed E-state index contributed by atoms with van der Waals surface area (Å²) in [7, 11) is -6.11. The standard InChI is InChI=1S/C24H43NO20S3/c1-47(36)5-3-2-4-12(25-45-48(37,38)39)46-24-21(35)18(32)15(29)11(44-24)8-41-23-20(34)17(31)14(28)10(43-23)7-40-22-19(33)16(30)13(27)9(6-26)42-22/h9-11,13-24,26-35H,2-8H2,1H3,(H,37,38,39)/b25-12-/t9-,10-,11-,13-,14-,15-,16+,17+,18+,19-,20-,21-,22+,23+,24+,47?/m1/s1. The highest BCUT2D eigenvalue weighted by atomic mass is 32.3. The van der Waals surface area contributed by atoms with Crippen LogP contribution in [-0.4, -0.2) is 196 Å². The predicted molar refractivity (Wildman–Crippen MR) is 159 cm³/mol. The number of oxime groups is 1. The summed E-state index contributed by atoms with van der Waals surface area (Å²) >= 11 is 0.591. The van der Waals surface area contributed by atoms with E-state index in [0.717, 1.165) is 0 Å². The summed E-state index contributed by atoms with van der Waals surface area (Å²) in [6.45, 7) is -2.03. The minimum Gasteiger partial charge on any atom is -0.394 e. The third-order valence-corrected chi connectivity index (χ3v) is 9.89. The number of unbranched alkanes of at least 4 members (excludes halogenated alkanes) is 1. The van der Waals surface area contributed by atoms with Crippen molar-refractivity contribution in [2.75, 3.05) is 31.8 Å². The Morgan fingerprint density at radius 1 is 0.729 bits per heavy atom. The second-order valence-corrected chi connectivity index (χ2v) is 15.0. The summed E-state index contributed by atoms with van der Waals surface area (Å²) in [5, 5.41) is 105. The lowest BCUT2D eigenvalue weighted by Crippen LogP contribution is -2.62. The fourth-order valence-corrected chi connectivity index (χ4v) is 6.81. The lowest BCUT2D eigenvalue weighted by atomic mass is 9.98. The van der Waals surface area contributed by atoms with Crippen molar-refractivity contribution in [1.29, 1.82) is 0 Å². The molecule has 16 atom stereocenters. The lowest BCUT2D eigenvalue weighted by Gasteiger charge is -2.43. The topological polar surface area (TPSA) is 341 Å². The van der Waals surface area contributed by atoms with E-state index in [4.69, 9.17) is 28.2 Å². The van der Waals surface area contributed by atoms with Crippen LogP contribution in [-0.2, 0) is 49.2 Å². The first-order chi connectivity index (χ1) is 22.4. The molecule has 21 nitrogen and oxygen atoms in total. The van der Waals surface area contributed by atoms with E-state index in [1.54, 1.807) is 0 Å². The third kappa shape index (κ3) is 11.4. The molecule has 48 heavy (non-hydrogen) atoms. The van der Waals surface area contributed by atoms with E-state index >= 15 is 0 Å². The van der Waals surface area contributed by atoms with Crippen LogP contribution in [0.2, 0.25) is 0 Å². The smallest absolute Gasteiger partial charge is 0.394 e. The third-order valence-electron chi connectivity index (χ3n) is 7.59. The van der Waals surface area contributed by atoms with E-state index in [9.17, 15) is 63.7 Å². The maximum absolute atomic E-state index is 11.3. The van der Waals surface area contributed by atoms with Gasteiger partial charge in [-0.25, -0.2) is 4.28 Å². The zero-order valence-corrected chi connectivity index (χ0v) is 27.8. The first-order valence-corrected chi connectivity index (χ1v) is 18.5. The van der Waals surface area contributed by atoms with Crippen molar-refractivity contribution in [2.45, 2.75) is 111 Å². The Hall–Kier alpha value is -0.720.